The molecule has 2 aromatic rings. The molecule has 0 aliphatic carbocycles. The lowest BCUT2D eigenvalue weighted by molar-refractivity contribution is -0.128. The van der Waals surface area contributed by atoms with E-state index in [1.54, 1.807) is 19.1 Å². The molecule has 3 rings (SSSR count). The van der Waals surface area contributed by atoms with Crippen LogP contribution in [0.2, 0.25) is 0 Å². The van der Waals surface area contributed by atoms with E-state index in [-0.39, 0.29) is 17.6 Å². The van der Waals surface area contributed by atoms with Crippen molar-refractivity contribution in [3.63, 3.8) is 0 Å². The Morgan fingerprint density at radius 3 is 2.58 bits per heavy atom. The topological polar surface area (TPSA) is 58.1 Å². The Kier molecular flexibility index (Phi) is 5.61. The molecule has 136 valence electrons. The number of carbonyl (C=O) groups is 1. The molecular formula is C20H23FN4O. The maximum Gasteiger partial charge on any atom is 0.219 e. The van der Waals surface area contributed by atoms with Crippen LogP contribution in [0.3, 0.4) is 0 Å². The van der Waals surface area contributed by atoms with Crippen LogP contribution < -0.4 is 5.32 Å². The summed E-state index contributed by atoms with van der Waals surface area (Å²) in [6, 6.07) is 10.4. The van der Waals surface area contributed by atoms with Crippen LogP contribution in [0, 0.1) is 5.82 Å². The quantitative estimate of drug-likeness (QED) is 0.893. The number of benzene rings is 1. The lowest BCUT2D eigenvalue weighted by Crippen LogP contribution is -2.32. The summed E-state index contributed by atoms with van der Waals surface area (Å²) in [5.74, 6) is 0.820. The first-order valence-electron chi connectivity index (χ1n) is 8.81. The Bertz CT molecular complexity index is 786. The van der Waals surface area contributed by atoms with Crippen LogP contribution >= 0.6 is 0 Å². The van der Waals surface area contributed by atoms with Crippen LogP contribution in [0.25, 0.3) is 5.57 Å². The van der Waals surface area contributed by atoms with Gasteiger partial charge in [0, 0.05) is 26.6 Å². The predicted molar refractivity (Wildman–Crippen MR) is 100 cm³/mol. The van der Waals surface area contributed by atoms with Crippen molar-refractivity contribution in [2.45, 2.75) is 26.2 Å². The van der Waals surface area contributed by atoms with Gasteiger partial charge >= 0.3 is 0 Å². The summed E-state index contributed by atoms with van der Waals surface area (Å²) < 4.78 is 13.0. The predicted octanol–water partition coefficient (Wildman–Crippen LogP) is 3.47. The molecule has 0 saturated heterocycles. The number of aromatic nitrogens is 2. The van der Waals surface area contributed by atoms with Gasteiger partial charge in [0.05, 0.1) is 5.69 Å². The maximum absolute atomic E-state index is 13.0. The molecule has 1 amide bonds. The highest BCUT2D eigenvalue weighted by molar-refractivity contribution is 5.75. The molecule has 1 aliphatic heterocycles. The number of anilines is 1. The third kappa shape index (κ3) is 4.45. The van der Waals surface area contributed by atoms with Crippen LogP contribution in [-0.4, -0.2) is 40.6 Å². The first-order valence-corrected chi connectivity index (χ1v) is 8.81. The molecule has 0 spiro atoms. The minimum absolute atomic E-state index is 0.0983. The lowest BCUT2D eigenvalue weighted by Gasteiger charge is -2.24. The summed E-state index contributed by atoms with van der Waals surface area (Å²) in [7, 11) is 0. The number of nitrogens with one attached hydrogen (secondary N) is 1. The van der Waals surface area contributed by atoms with Gasteiger partial charge in [-0.05, 0) is 47.7 Å². The van der Waals surface area contributed by atoms with Gasteiger partial charge in [0.2, 0.25) is 5.91 Å². The van der Waals surface area contributed by atoms with Crippen LogP contribution in [0.4, 0.5) is 10.2 Å². The van der Waals surface area contributed by atoms with Crippen LogP contribution in [0.15, 0.2) is 42.5 Å². The van der Waals surface area contributed by atoms with E-state index >= 15 is 0 Å². The first-order chi connectivity index (χ1) is 12.5. The van der Waals surface area contributed by atoms with E-state index in [1.165, 1.54) is 12.1 Å². The summed E-state index contributed by atoms with van der Waals surface area (Å²) in [5.41, 5.74) is 3.05. The number of carbonyl (C=O) groups excluding carboxylic acids is 1. The Labute approximate surface area is 152 Å². The minimum atomic E-state index is -0.223. The van der Waals surface area contributed by atoms with Crippen molar-refractivity contribution in [2.75, 3.05) is 25.0 Å². The number of hydrogen-bond acceptors (Lipinski definition) is 4. The second-order valence-corrected chi connectivity index (χ2v) is 6.58. The van der Waals surface area contributed by atoms with Gasteiger partial charge in [-0.25, -0.2) is 4.39 Å². The molecule has 5 nitrogen and oxygen atoms in total. The van der Waals surface area contributed by atoms with E-state index < -0.39 is 0 Å². The highest BCUT2D eigenvalue weighted by atomic mass is 19.1. The Balaban J connectivity index is 1.56. The summed E-state index contributed by atoms with van der Waals surface area (Å²) in [4.78, 5) is 13.2. The minimum Gasteiger partial charge on any atom is -0.368 e. The largest absolute Gasteiger partial charge is 0.368 e. The molecule has 6 heteroatoms. The van der Waals surface area contributed by atoms with E-state index in [4.69, 9.17) is 0 Å². The smallest absolute Gasteiger partial charge is 0.219 e. The Morgan fingerprint density at radius 1 is 1.23 bits per heavy atom. The SMILES string of the molecule is CC(=O)N1CC=C(c2ccc(NCC(C)c3ccc(F)cc3)nn2)CC1. The van der Waals surface area contributed by atoms with Gasteiger partial charge < -0.3 is 10.2 Å². The van der Waals surface area contributed by atoms with Gasteiger partial charge in [-0.15, -0.1) is 10.2 Å². The standard InChI is InChI=1S/C20H23FN4O/c1-14(16-3-5-18(21)6-4-16)13-22-20-8-7-19(23-24-20)17-9-11-25(12-10-17)15(2)26/h3-9,14H,10-13H2,1-2H3,(H,22,24). The molecule has 2 heterocycles. The fraction of sp³-hybridized carbons (Fsp3) is 0.350. The van der Waals surface area contributed by atoms with Crippen molar-refractivity contribution in [3.8, 4) is 0 Å². The second kappa shape index (κ2) is 8.08. The maximum atomic E-state index is 13.0. The summed E-state index contributed by atoms with van der Waals surface area (Å²) in [6.07, 6.45) is 2.83. The zero-order valence-electron chi connectivity index (χ0n) is 15.1. The zero-order valence-corrected chi connectivity index (χ0v) is 15.1. The molecular weight excluding hydrogens is 331 g/mol. The molecule has 1 aliphatic rings. The number of nitrogens with zero attached hydrogens (tertiary/aromatic N) is 3. The third-order valence-electron chi connectivity index (χ3n) is 4.68. The fourth-order valence-electron chi connectivity index (χ4n) is 2.95. The molecule has 0 bridgehead atoms. The average molecular weight is 354 g/mol. The van der Waals surface area contributed by atoms with Gasteiger partial charge in [-0.2, -0.15) is 0 Å². The monoisotopic (exact) mass is 354 g/mol. The van der Waals surface area contributed by atoms with Gasteiger partial charge in [0.15, 0.2) is 0 Å². The summed E-state index contributed by atoms with van der Waals surface area (Å²) >= 11 is 0. The van der Waals surface area contributed by atoms with Gasteiger partial charge in [0.25, 0.3) is 0 Å². The molecule has 1 atom stereocenters. The van der Waals surface area contributed by atoms with E-state index in [2.05, 4.69) is 22.4 Å². The second-order valence-electron chi connectivity index (χ2n) is 6.58. The van der Waals surface area contributed by atoms with E-state index in [0.717, 1.165) is 29.8 Å². The van der Waals surface area contributed by atoms with Gasteiger partial charge in [-0.3, -0.25) is 4.79 Å². The van der Waals surface area contributed by atoms with Crippen molar-refractivity contribution >= 4 is 17.3 Å². The molecule has 1 aromatic carbocycles. The Morgan fingerprint density at radius 2 is 2.00 bits per heavy atom. The number of rotatable bonds is 5. The van der Waals surface area contributed by atoms with Crippen LogP contribution in [-0.2, 0) is 4.79 Å². The lowest BCUT2D eigenvalue weighted by atomic mass is 10.0. The van der Waals surface area contributed by atoms with Crippen LogP contribution in [0.1, 0.15) is 37.4 Å². The first kappa shape index (κ1) is 18.0. The third-order valence-corrected chi connectivity index (χ3v) is 4.68. The van der Waals surface area contributed by atoms with E-state index in [9.17, 15) is 9.18 Å². The van der Waals surface area contributed by atoms with E-state index in [0.29, 0.717) is 18.9 Å². The molecule has 0 radical (unpaired) electrons. The highest BCUT2D eigenvalue weighted by Gasteiger charge is 2.15. The Hall–Kier alpha value is -2.76. The fourth-order valence-corrected chi connectivity index (χ4v) is 2.95. The molecule has 1 unspecified atom stereocenters. The van der Waals surface area contributed by atoms with Gasteiger partial charge in [-0.1, -0.05) is 25.1 Å². The summed E-state index contributed by atoms with van der Waals surface area (Å²) in [5, 5.41) is 11.8. The summed E-state index contributed by atoms with van der Waals surface area (Å²) in [6.45, 7) is 5.71. The molecule has 1 N–H and O–H groups in total. The van der Waals surface area contributed by atoms with Crippen molar-refractivity contribution in [3.05, 3.63) is 59.5 Å². The molecule has 1 aromatic heterocycles. The van der Waals surface area contributed by atoms with Crippen molar-refractivity contribution in [2.24, 2.45) is 0 Å². The number of hydrogen-bond donors (Lipinski definition) is 1. The van der Waals surface area contributed by atoms with Crippen LogP contribution in [0.5, 0.6) is 0 Å². The van der Waals surface area contributed by atoms with Crippen molar-refractivity contribution < 1.29 is 9.18 Å². The normalized spacial score (nSPS) is 15.3. The van der Waals surface area contributed by atoms with Crippen molar-refractivity contribution in [1.29, 1.82) is 0 Å². The average Bonchev–Trinajstić information content (AvgIpc) is 2.67. The van der Waals surface area contributed by atoms with Gasteiger partial charge in [0.1, 0.15) is 11.6 Å². The number of amides is 1. The highest BCUT2D eigenvalue weighted by Crippen LogP contribution is 2.21. The van der Waals surface area contributed by atoms with Crippen molar-refractivity contribution in [1.82, 2.24) is 15.1 Å². The zero-order chi connectivity index (χ0) is 18.5. The van der Waals surface area contributed by atoms with E-state index in [1.807, 2.05) is 23.1 Å². The number of halogens is 1. The molecule has 0 fully saturated rings. The molecule has 0 saturated carbocycles. The molecule has 26 heavy (non-hydrogen) atoms.